The van der Waals surface area contributed by atoms with Crippen LogP contribution in [0.3, 0.4) is 0 Å². The molecule has 2 heterocycles. The van der Waals surface area contributed by atoms with Crippen LogP contribution in [0.2, 0.25) is 0 Å². The molecule has 2 aliphatic heterocycles. The SMILES string of the molecule is CC(C)(C)c1ccc(C(=O)N2CCC3(CC2)NC(C(=O)NCc2cccc(C(F)(F)F)c2)CS3)cc1. The van der Waals surface area contributed by atoms with Gasteiger partial charge in [0.25, 0.3) is 5.91 Å². The van der Waals surface area contributed by atoms with Crippen molar-refractivity contribution in [3.8, 4) is 0 Å². The Morgan fingerprint density at radius 3 is 2.33 bits per heavy atom. The number of nitrogens with zero attached hydrogens (tertiary/aromatic N) is 1. The maximum absolute atomic E-state index is 13.0. The summed E-state index contributed by atoms with van der Waals surface area (Å²) in [6, 6.07) is 12.4. The topological polar surface area (TPSA) is 61.4 Å². The highest BCUT2D eigenvalue weighted by molar-refractivity contribution is 8.01. The zero-order chi connectivity index (χ0) is 26.1. The summed E-state index contributed by atoms with van der Waals surface area (Å²) < 4.78 is 38.8. The van der Waals surface area contributed by atoms with Crippen molar-refractivity contribution in [3.05, 3.63) is 70.8 Å². The van der Waals surface area contributed by atoms with Gasteiger partial charge in [0.2, 0.25) is 5.91 Å². The van der Waals surface area contributed by atoms with Gasteiger partial charge in [-0.1, -0.05) is 45.0 Å². The summed E-state index contributed by atoms with van der Waals surface area (Å²) in [6.45, 7) is 7.64. The van der Waals surface area contributed by atoms with Crippen molar-refractivity contribution in [2.45, 2.75) is 62.7 Å². The summed E-state index contributed by atoms with van der Waals surface area (Å²) in [5.41, 5.74) is 1.56. The van der Waals surface area contributed by atoms with Gasteiger partial charge in [-0.2, -0.15) is 13.2 Å². The molecular weight excluding hydrogens is 487 g/mol. The summed E-state index contributed by atoms with van der Waals surface area (Å²) >= 11 is 1.69. The molecule has 0 saturated carbocycles. The minimum Gasteiger partial charge on any atom is -0.351 e. The number of nitrogens with one attached hydrogen (secondary N) is 2. The predicted molar refractivity (Wildman–Crippen MR) is 136 cm³/mol. The number of likely N-dealkylation sites (tertiary alicyclic amines) is 1. The third-order valence-electron chi connectivity index (χ3n) is 6.86. The average molecular weight is 520 g/mol. The Balaban J connectivity index is 1.28. The highest BCUT2D eigenvalue weighted by Gasteiger charge is 2.44. The lowest BCUT2D eigenvalue weighted by atomic mass is 9.86. The Morgan fingerprint density at radius 1 is 1.06 bits per heavy atom. The number of benzene rings is 2. The first-order chi connectivity index (χ1) is 16.9. The van der Waals surface area contributed by atoms with Gasteiger partial charge in [0, 0.05) is 31.0 Å². The molecule has 9 heteroatoms. The zero-order valence-electron chi connectivity index (χ0n) is 20.7. The summed E-state index contributed by atoms with van der Waals surface area (Å²) in [6.07, 6.45) is -2.97. The van der Waals surface area contributed by atoms with Gasteiger partial charge in [0.15, 0.2) is 0 Å². The molecule has 2 N–H and O–H groups in total. The normalized spacial score (nSPS) is 19.9. The molecule has 1 unspecified atom stereocenters. The van der Waals surface area contributed by atoms with E-state index in [0.29, 0.717) is 30.0 Å². The van der Waals surface area contributed by atoms with Crippen molar-refractivity contribution in [1.29, 1.82) is 0 Å². The lowest BCUT2D eigenvalue weighted by Gasteiger charge is -2.39. The van der Waals surface area contributed by atoms with E-state index in [4.69, 9.17) is 0 Å². The van der Waals surface area contributed by atoms with E-state index < -0.39 is 17.8 Å². The van der Waals surface area contributed by atoms with E-state index in [1.807, 2.05) is 29.2 Å². The Labute approximate surface area is 214 Å². The quantitative estimate of drug-likeness (QED) is 0.600. The van der Waals surface area contributed by atoms with Crippen LogP contribution in [0.25, 0.3) is 0 Å². The second-order valence-corrected chi connectivity index (χ2v) is 11.9. The summed E-state index contributed by atoms with van der Waals surface area (Å²) in [5, 5.41) is 6.19. The molecule has 4 rings (SSSR count). The van der Waals surface area contributed by atoms with E-state index in [1.54, 1.807) is 17.8 Å². The minimum atomic E-state index is -4.41. The minimum absolute atomic E-state index is 0.0173. The maximum Gasteiger partial charge on any atom is 0.416 e. The third kappa shape index (κ3) is 6.06. The molecule has 1 spiro atoms. The van der Waals surface area contributed by atoms with E-state index in [9.17, 15) is 22.8 Å². The number of amides is 2. The van der Waals surface area contributed by atoms with E-state index in [2.05, 4.69) is 31.4 Å². The number of hydrogen-bond acceptors (Lipinski definition) is 4. The Hall–Kier alpha value is -2.52. The molecule has 1 atom stereocenters. The number of carbonyl (C=O) groups is 2. The van der Waals surface area contributed by atoms with Crippen molar-refractivity contribution in [3.63, 3.8) is 0 Å². The summed E-state index contributed by atoms with van der Waals surface area (Å²) in [7, 11) is 0. The first kappa shape index (κ1) is 26.5. The molecule has 2 fully saturated rings. The molecular formula is C27H32F3N3O2S. The zero-order valence-corrected chi connectivity index (χ0v) is 21.6. The van der Waals surface area contributed by atoms with Crippen LogP contribution in [0.5, 0.6) is 0 Å². The van der Waals surface area contributed by atoms with Gasteiger partial charge >= 0.3 is 6.18 Å². The molecule has 0 radical (unpaired) electrons. The molecule has 36 heavy (non-hydrogen) atoms. The molecule has 194 valence electrons. The van der Waals surface area contributed by atoms with Crippen molar-refractivity contribution in [1.82, 2.24) is 15.5 Å². The maximum atomic E-state index is 13.0. The van der Waals surface area contributed by atoms with Gasteiger partial charge in [-0.25, -0.2) is 0 Å². The predicted octanol–water partition coefficient (Wildman–Crippen LogP) is 4.96. The monoisotopic (exact) mass is 519 g/mol. The van der Waals surface area contributed by atoms with Crippen LogP contribution in [0.1, 0.15) is 60.7 Å². The third-order valence-corrected chi connectivity index (χ3v) is 8.44. The van der Waals surface area contributed by atoms with E-state index in [0.717, 1.165) is 25.0 Å². The van der Waals surface area contributed by atoms with Crippen LogP contribution >= 0.6 is 11.8 Å². The molecule has 0 aromatic heterocycles. The molecule has 2 aromatic carbocycles. The van der Waals surface area contributed by atoms with Crippen LogP contribution in [0, 0.1) is 0 Å². The highest BCUT2D eigenvalue weighted by atomic mass is 32.2. The Bertz CT molecular complexity index is 1100. The molecule has 0 aliphatic carbocycles. The summed E-state index contributed by atoms with van der Waals surface area (Å²) in [4.78, 5) is 27.3. The molecule has 2 aliphatic rings. The number of thioether (sulfide) groups is 1. The average Bonchev–Trinajstić information content (AvgIpc) is 3.25. The first-order valence-electron chi connectivity index (χ1n) is 12.1. The summed E-state index contributed by atoms with van der Waals surface area (Å²) in [5.74, 6) is 0.370. The van der Waals surface area contributed by atoms with E-state index >= 15 is 0 Å². The number of halogens is 3. The Kier molecular flexibility index (Phi) is 7.44. The fourth-order valence-corrected chi connectivity index (χ4v) is 6.03. The first-order valence-corrected chi connectivity index (χ1v) is 13.1. The number of piperidine rings is 1. The van der Waals surface area contributed by atoms with E-state index in [1.165, 1.54) is 11.6 Å². The van der Waals surface area contributed by atoms with Crippen LogP contribution in [0.15, 0.2) is 48.5 Å². The van der Waals surface area contributed by atoms with Gasteiger partial charge in [-0.3, -0.25) is 14.9 Å². The second-order valence-electron chi connectivity index (χ2n) is 10.5. The number of carbonyl (C=O) groups excluding carboxylic acids is 2. The van der Waals surface area contributed by atoms with E-state index in [-0.39, 0.29) is 28.6 Å². The Morgan fingerprint density at radius 2 is 1.72 bits per heavy atom. The van der Waals surface area contributed by atoms with Crippen LogP contribution in [-0.2, 0) is 22.9 Å². The molecule has 2 amide bonds. The second kappa shape index (κ2) is 10.1. The lowest BCUT2D eigenvalue weighted by Crippen LogP contribution is -2.54. The van der Waals surface area contributed by atoms with Gasteiger partial charge in [-0.05, 0) is 53.6 Å². The van der Waals surface area contributed by atoms with Gasteiger partial charge in [0.05, 0.1) is 16.5 Å². The standard InChI is InChI=1S/C27H32F3N3O2S/c1-25(2,3)20-9-7-19(8-10-20)24(35)33-13-11-26(12-14-33)32-22(17-36-26)23(34)31-16-18-5-4-6-21(15-18)27(28,29)30/h4-10,15,22,32H,11-14,16-17H2,1-3H3,(H,31,34). The number of hydrogen-bond donors (Lipinski definition) is 2. The molecule has 2 aromatic rings. The van der Waals surface area contributed by atoms with Gasteiger partial charge in [-0.15, -0.1) is 11.8 Å². The smallest absolute Gasteiger partial charge is 0.351 e. The van der Waals surface area contributed by atoms with Crippen molar-refractivity contribution in [2.24, 2.45) is 0 Å². The number of rotatable bonds is 4. The van der Waals surface area contributed by atoms with Crippen molar-refractivity contribution in [2.75, 3.05) is 18.8 Å². The van der Waals surface area contributed by atoms with Crippen LogP contribution < -0.4 is 10.6 Å². The fourth-order valence-electron chi connectivity index (χ4n) is 4.61. The lowest BCUT2D eigenvalue weighted by molar-refractivity contribution is -0.137. The molecule has 5 nitrogen and oxygen atoms in total. The van der Waals surface area contributed by atoms with Gasteiger partial charge < -0.3 is 10.2 Å². The van der Waals surface area contributed by atoms with Crippen LogP contribution in [0.4, 0.5) is 13.2 Å². The van der Waals surface area contributed by atoms with Crippen molar-refractivity contribution < 1.29 is 22.8 Å². The van der Waals surface area contributed by atoms with Gasteiger partial charge in [0.1, 0.15) is 0 Å². The molecule has 0 bridgehead atoms. The molecule has 2 saturated heterocycles. The highest BCUT2D eigenvalue weighted by Crippen LogP contribution is 2.39. The largest absolute Gasteiger partial charge is 0.416 e. The van der Waals surface area contributed by atoms with Crippen LogP contribution in [-0.4, -0.2) is 46.5 Å². The fraction of sp³-hybridized carbons (Fsp3) is 0.481. The number of alkyl halides is 3. The van der Waals surface area contributed by atoms with Crippen molar-refractivity contribution >= 4 is 23.6 Å².